The molecule has 3 amide bonds. The van der Waals surface area contributed by atoms with E-state index in [2.05, 4.69) is 0 Å². The molecule has 0 saturated carbocycles. The van der Waals surface area contributed by atoms with Crippen molar-refractivity contribution in [1.29, 1.82) is 0 Å². The van der Waals surface area contributed by atoms with E-state index in [1.807, 2.05) is 6.92 Å². The maximum atomic E-state index is 12.4. The van der Waals surface area contributed by atoms with Gasteiger partial charge in [-0.2, -0.15) is 0 Å². The van der Waals surface area contributed by atoms with Crippen LogP contribution in [0.2, 0.25) is 0 Å². The van der Waals surface area contributed by atoms with E-state index in [0.29, 0.717) is 45.4 Å². The Balaban J connectivity index is 1.94. The van der Waals surface area contributed by atoms with Crippen molar-refractivity contribution in [3.05, 3.63) is 0 Å². The number of carboxylic acids is 1. The Morgan fingerprint density at radius 2 is 1.76 bits per heavy atom. The van der Waals surface area contributed by atoms with Crippen LogP contribution < -0.4 is 0 Å². The molecule has 0 bridgehead atoms. The molecule has 0 aromatic carbocycles. The molecule has 2 rings (SSSR count). The van der Waals surface area contributed by atoms with Crippen molar-refractivity contribution in [3.8, 4) is 0 Å². The van der Waals surface area contributed by atoms with E-state index >= 15 is 0 Å². The predicted molar refractivity (Wildman–Crippen MR) is 75.8 cm³/mol. The third-order valence-corrected chi connectivity index (χ3v) is 4.85. The lowest BCUT2D eigenvalue weighted by Crippen LogP contribution is -2.56. The molecule has 0 atom stereocenters. The summed E-state index contributed by atoms with van der Waals surface area (Å²) in [6, 6.07) is -0.147. The number of nitrogens with zero attached hydrogens (tertiary/aromatic N) is 3. The van der Waals surface area contributed by atoms with Crippen molar-refractivity contribution < 1.29 is 19.5 Å². The van der Waals surface area contributed by atoms with Gasteiger partial charge in [0.2, 0.25) is 5.91 Å². The Morgan fingerprint density at radius 3 is 2.24 bits per heavy atom. The van der Waals surface area contributed by atoms with Crippen LogP contribution >= 0.6 is 0 Å². The summed E-state index contributed by atoms with van der Waals surface area (Å²) >= 11 is 0. The average Bonchev–Trinajstić information content (AvgIpc) is 2.49. The molecule has 0 unspecified atom stereocenters. The summed E-state index contributed by atoms with van der Waals surface area (Å²) in [6.07, 6.45) is 1.54. The van der Waals surface area contributed by atoms with E-state index in [9.17, 15) is 19.5 Å². The molecular weight excluding hydrogens is 274 g/mol. The fourth-order valence-electron chi connectivity index (χ4n) is 2.97. The number of carbonyl (C=O) groups excluding carboxylic acids is 2. The molecule has 0 spiro atoms. The second-order valence-electron chi connectivity index (χ2n) is 5.95. The van der Waals surface area contributed by atoms with Crippen molar-refractivity contribution >= 4 is 17.9 Å². The number of carboxylic acid groups (broad SMARTS) is 1. The number of carbonyl (C=O) groups is 3. The number of rotatable bonds is 2. The highest BCUT2D eigenvalue weighted by atomic mass is 16.4. The lowest BCUT2D eigenvalue weighted by atomic mass is 9.76. The fourth-order valence-corrected chi connectivity index (χ4v) is 2.97. The molecule has 7 nitrogen and oxygen atoms in total. The Bertz CT molecular complexity index is 444. The van der Waals surface area contributed by atoms with E-state index in [0.717, 1.165) is 0 Å². The van der Waals surface area contributed by atoms with Gasteiger partial charge in [-0.25, -0.2) is 4.79 Å². The molecule has 1 N–H and O–H groups in total. The number of aliphatic carboxylic acids is 1. The number of likely N-dealkylation sites (tertiary alicyclic amines) is 1. The van der Waals surface area contributed by atoms with Crippen molar-refractivity contribution in [2.75, 3.05) is 39.8 Å². The highest BCUT2D eigenvalue weighted by Crippen LogP contribution is 2.35. The summed E-state index contributed by atoms with van der Waals surface area (Å²) in [6.45, 7) is 3.97. The third kappa shape index (κ3) is 2.96. The highest BCUT2D eigenvalue weighted by Gasteiger charge is 2.41. The first-order valence-electron chi connectivity index (χ1n) is 7.41. The Hall–Kier alpha value is -1.79. The monoisotopic (exact) mass is 297 g/mol. The lowest BCUT2D eigenvalue weighted by Gasteiger charge is -2.41. The van der Waals surface area contributed by atoms with Crippen LogP contribution in [0.3, 0.4) is 0 Å². The van der Waals surface area contributed by atoms with Gasteiger partial charge >= 0.3 is 12.0 Å². The number of likely N-dealkylation sites (N-methyl/N-ethyl adjacent to an activating group) is 1. The maximum Gasteiger partial charge on any atom is 0.320 e. The normalized spacial score (nSPS) is 22.4. The molecule has 21 heavy (non-hydrogen) atoms. The minimum atomic E-state index is -0.771. The molecule has 7 heteroatoms. The summed E-state index contributed by atoms with van der Waals surface area (Å²) in [5.74, 6) is -0.827. The van der Waals surface area contributed by atoms with E-state index in [-0.39, 0.29) is 18.5 Å². The van der Waals surface area contributed by atoms with Gasteiger partial charge in [0, 0.05) is 33.2 Å². The zero-order valence-corrected chi connectivity index (χ0v) is 12.7. The molecule has 0 aliphatic carbocycles. The van der Waals surface area contributed by atoms with E-state index in [1.165, 1.54) is 0 Å². The molecule has 2 aliphatic heterocycles. The van der Waals surface area contributed by atoms with Gasteiger partial charge in [-0.1, -0.05) is 6.92 Å². The smallest absolute Gasteiger partial charge is 0.320 e. The molecule has 118 valence electrons. The first-order valence-corrected chi connectivity index (χ1v) is 7.41. The second kappa shape index (κ2) is 5.91. The van der Waals surface area contributed by atoms with Crippen molar-refractivity contribution in [2.24, 2.45) is 5.41 Å². The predicted octanol–water partition coefficient (Wildman–Crippen LogP) is 0.457. The Labute approximate surface area is 124 Å². The van der Waals surface area contributed by atoms with Gasteiger partial charge in [0.25, 0.3) is 0 Å². The highest BCUT2D eigenvalue weighted by molar-refractivity contribution is 5.85. The molecular formula is C14H23N3O4. The van der Waals surface area contributed by atoms with Crippen LogP contribution in [0.5, 0.6) is 0 Å². The summed E-state index contributed by atoms with van der Waals surface area (Å²) in [4.78, 5) is 40.3. The Kier molecular flexibility index (Phi) is 4.39. The molecule has 2 aliphatic rings. The van der Waals surface area contributed by atoms with Crippen LogP contribution in [0.15, 0.2) is 0 Å². The lowest BCUT2D eigenvalue weighted by molar-refractivity contribution is -0.152. The third-order valence-electron chi connectivity index (χ3n) is 4.85. The Morgan fingerprint density at radius 1 is 1.14 bits per heavy atom. The number of urea groups is 1. The molecule has 2 saturated heterocycles. The second-order valence-corrected chi connectivity index (χ2v) is 5.95. The first-order chi connectivity index (χ1) is 9.89. The van der Waals surface area contributed by atoms with Crippen LogP contribution in [0, 0.1) is 5.41 Å². The number of piperidine rings is 1. The SMILES string of the molecule is CCC1(C(=O)O)CCN(C(=O)N2CCN(C)C(=O)C2)CC1. The van der Waals surface area contributed by atoms with Crippen LogP contribution in [-0.2, 0) is 9.59 Å². The van der Waals surface area contributed by atoms with Crippen LogP contribution in [0.1, 0.15) is 26.2 Å². The minimum absolute atomic E-state index is 0.0555. The summed E-state index contributed by atoms with van der Waals surface area (Å²) in [5, 5.41) is 9.36. The van der Waals surface area contributed by atoms with E-state index in [4.69, 9.17) is 0 Å². The molecule has 2 heterocycles. The van der Waals surface area contributed by atoms with Crippen molar-refractivity contribution in [2.45, 2.75) is 26.2 Å². The van der Waals surface area contributed by atoms with Gasteiger partial charge < -0.3 is 19.8 Å². The van der Waals surface area contributed by atoms with Gasteiger partial charge in [0.05, 0.1) is 5.41 Å². The van der Waals surface area contributed by atoms with Gasteiger partial charge in [0.1, 0.15) is 6.54 Å². The van der Waals surface area contributed by atoms with Crippen LogP contribution in [0.25, 0.3) is 0 Å². The quantitative estimate of drug-likeness (QED) is 0.803. The molecule has 0 aromatic heterocycles. The standard InChI is InChI=1S/C14H23N3O4/c1-3-14(12(19)20)4-6-16(7-5-14)13(21)17-9-8-15(2)11(18)10-17/h3-10H2,1-2H3,(H,19,20). The van der Waals surface area contributed by atoms with Crippen molar-refractivity contribution in [1.82, 2.24) is 14.7 Å². The van der Waals surface area contributed by atoms with E-state index < -0.39 is 11.4 Å². The largest absolute Gasteiger partial charge is 0.481 e. The average molecular weight is 297 g/mol. The van der Waals surface area contributed by atoms with Crippen LogP contribution in [-0.4, -0.2) is 77.5 Å². The molecule has 2 fully saturated rings. The molecule has 0 radical (unpaired) electrons. The summed E-state index contributed by atoms with van der Waals surface area (Å²) < 4.78 is 0. The zero-order chi connectivity index (χ0) is 15.6. The van der Waals surface area contributed by atoms with Crippen molar-refractivity contribution in [3.63, 3.8) is 0 Å². The van der Waals surface area contributed by atoms with E-state index in [1.54, 1.807) is 21.7 Å². The maximum absolute atomic E-state index is 12.4. The number of hydrogen-bond donors (Lipinski definition) is 1. The molecule has 0 aromatic rings. The topological polar surface area (TPSA) is 81.2 Å². The first kappa shape index (κ1) is 15.6. The minimum Gasteiger partial charge on any atom is -0.481 e. The van der Waals surface area contributed by atoms with Gasteiger partial charge in [-0.3, -0.25) is 9.59 Å². The zero-order valence-electron chi connectivity index (χ0n) is 12.7. The summed E-state index contributed by atoms with van der Waals surface area (Å²) in [7, 11) is 1.73. The van der Waals surface area contributed by atoms with Gasteiger partial charge in [-0.05, 0) is 19.3 Å². The van der Waals surface area contributed by atoms with Crippen LogP contribution in [0.4, 0.5) is 4.79 Å². The van der Waals surface area contributed by atoms with Gasteiger partial charge in [0.15, 0.2) is 0 Å². The fraction of sp³-hybridized carbons (Fsp3) is 0.786. The number of piperazine rings is 1. The van der Waals surface area contributed by atoms with Gasteiger partial charge in [-0.15, -0.1) is 0 Å². The summed E-state index contributed by atoms with van der Waals surface area (Å²) in [5.41, 5.74) is -0.700. The number of amides is 3. The number of hydrogen-bond acceptors (Lipinski definition) is 3.